The highest BCUT2D eigenvalue weighted by Gasteiger charge is 2.38. The van der Waals surface area contributed by atoms with Gasteiger partial charge >= 0.3 is 12.1 Å². The van der Waals surface area contributed by atoms with E-state index in [2.05, 4.69) is 10.5 Å². The number of anilines is 1. The van der Waals surface area contributed by atoms with Crippen molar-refractivity contribution in [1.82, 2.24) is 5.16 Å². The topological polar surface area (TPSA) is 92.4 Å². The van der Waals surface area contributed by atoms with Crippen LogP contribution < -0.4 is 5.32 Å². The Balaban J connectivity index is 1.88. The van der Waals surface area contributed by atoms with Crippen LogP contribution in [0.3, 0.4) is 0 Å². The minimum atomic E-state index is -4.82. The fraction of sp³-hybridized carbons (Fsp3) is 0.0417. The van der Waals surface area contributed by atoms with E-state index in [1.54, 1.807) is 30.3 Å². The molecule has 1 aromatic heterocycles. The van der Waals surface area contributed by atoms with Crippen LogP contribution in [-0.4, -0.2) is 22.1 Å². The standard InChI is InChI=1S/C24H13ClF4N2O4/c25-16-8-4-7-15(24(27,28)29)18(16)20-19(21(35-31-20)12-5-2-1-3-6-12)22(32)30-13-9-10-14(23(33)34)17(26)11-13/h1-11H,(H,30,32)(H,33,34). The number of carboxylic acids is 1. The molecule has 4 aromatic rings. The maximum absolute atomic E-state index is 14.1. The molecule has 4 rings (SSSR count). The van der Waals surface area contributed by atoms with Crippen molar-refractivity contribution in [2.45, 2.75) is 6.18 Å². The van der Waals surface area contributed by atoms with Crippen molar-refractivity contribution in [3.63, 3.8) is 0 Å². The Kier molecular flexibility index (Phi) is 6.31. The number of hydrogen-bond acceptors (Lipinski definition) is 4. The van der Waals surface area contributed by atoms with E-state index in [-0.39, 0.29) is 22.0 Å². The lowest BCUT2D eigenvalue weighted by atomic mass is 9.97. The number of alkyl halides is 3. The SMILES string of the molecule is O=C(O)c1ccc(NC(=O)c2c(-c3c(Cl)cccc3C(F)(F)F)noc2-c2ccccc2)cc1F. The van der Waals surface area contributed by atoms with Crippen LogP contribution in [0.5, 0.6) is 0 Å². The van der Waals surface area contributed by atoms with Gasteiger partial charge in [-0.1, -0.05) is 53.2 Å². The van der Waals surface area contributed by atoms with Crippen LogP contribution >= 0.6 is 11.6 Å². The van der Waals surface area contributed by atoms with Gasteiger partial charge in [0.05, 0.1) is 16.1 Å². The van der Waals surface area contributed by atoms with Crippen molar-refractivity contribution < 1.29 is 36.8 Å². The summed E-state index contributed by atoms with van der Waals surface area (Å²) in [4.78, 5) is 24.3. The number of halogens is 5. The molecule has 2 N–H and O–H groups in total. The molecule has 0 fully saturated rings. The molecule has 35 heavy (non-hydrogen) atoms. The second kappa shape index (κ2) is 9.22. The number of rotatable bonds is 5. The van der Waals surface area contributed by atoms with E-state index >= 15 is 0 Å². The van der Waals surface area contributed by atoms with E-state index < -0.39 is 46.3 Å². The quantitative estimate of drug-likeness (QED) is 0.293. The molecule has 0 bridgehead atoms. The summed E-state index contributed by atoms with van der Waals surface area (Å²) < 4.78 is 60.7. The summed E-state index contributed by atoms with van der Waals surface area (Å²) in [6, 6.07) is 14.0. The Labute approximate surface area is 199 Å². The third-order valence-electron chi connectivity index (χ3n) is 4.97. The lowest BCUT2D eigenvalue weighted by molar-refractivity contribution is -0.137. The molecule has 0 aliphatic heterocycles. The molecular formula is C24H13ClF4N2O4. The van der Waals surface area contributed by atoms with Gasteiger partial charge in [0.15, 0.2) is 5.76 Å². The minimum Gasteiger partial charge on any atom is -0.478 e. The van der Waals surface area contributed by atoms with Gasteiger partial charge in [-0.05, 0) is 30.3 Å². The first kappa shape index (κ1) is 24.0. The molecular weight excluding hydrogens is 492 g/mol. The number of amides is 1. The van der Waals surface area contributed by atoms with E-state index in [4.69, 9.17) is 21.2 Å². The highest BCUT2D eigenvalue weighted by molar-refractivity contribution is 6.34. The Morgan fingerprint density at radius 1 is 1.00 bits per heavy atom. The highest BCUT2D eigenvalue weighted by atomic mass is 35.5. The molecule has 1 heterocycles. The van der Waals surface area contributed by atoms with Gasteiger partial charge in [0.2, 0.25) is 0 Å². The predicted octanol–water partition coefficient (Wildman–Crippen LogP) is 6.77. The molecule has 1 amide bonds. The predicted molar refractivity (Wildman–Crippen MR) is 119 cm³/mol. The number of aromatic carboxylic acids is 1. The molecule has 178 valence electrons. The lowest BCUT2D eigenvalue weighted by Gasteiger charge is -2.14. The fourth-order valence-electron chi connectivity index (χ4n) is 3.42. The summed E-state index contributed by atoms with van der Waals surface area (Å²) in [6.07, 6.45) is -4.82. The number of nitrogens with zero attached hydrogens (tertiary/aromatic N) is 1. The second-order valence-corrected chi connectivity index (χ2v) is 7.62. The normalized spacial score (nSPS) is 11.3. The maximum Gasteiger partial charge on any atom is 0.417 e. The van der Waals surface area contributed by atoms with Crippen molar-refractivity contribution in [2.75, 3.05) is 5.32 Å². The molecule has 3 aromatic carbocycles. The number of benzene rings is 3. The van der Waals surface area contributed by atoms with Gasteiger partial charge < -0.3 is 14.9 Å². The first-order valence-electron chi connectivity index (χ1n) is 9.83. The van der Waals surface area contributed by atoms with Crippen LogP contribution in [0.25, 0.3) is 22.6 Å². The van der Waals surface area contributed by atoms with Gasteiger partial charge in [0, 0.05) is 16.8 Å². The van der Waals surface area contributed by atoms with Crippen molar-refractivity contribution in [2.24, 2.45) is 0 Å². The van der Waals surface area contributed by atoms with Crippen molar-refractivity contribution >= 4 is 29.2 Å². The first-order chi connectivity index (χ1) is 16.6. The number of aromatic nitrogens is 1. The smallest absolute Gasteiger partial charge is 0.417 e. The molecule has 0 saturated heterocycles. The number of carbonyl (C=O) groups is 2. The summed E-state index contributed by atoms with van der Waals surface area (Å²) in [6.45, 7) is 0. The van der Waals surface area contributed by atoms with Crippen LogP contribution in [0.2, 0.25) is 5.02 Å². The molecule has 0 spiro atoms. The largest absolute Gasteiger partial charge is 0.478 e. The van der Waals surface area contributed by atoms with E-state index in [0.29, 0.717) is 5.56 Å². The monoisotopic (exact) mass is 504 g/mol. The molecule has 0 radical (unpaired) electrons. The van der Waals surface area contributed by atoms with Gasteiger partial charge in [-0.2, -0.15) is 13.2 Å². The number of nitrogens with one attached hydrogen (secondary N) is 1. The molecule has 0 saturated carbocycles. The molecule has 0 aliphatic carbocycles. The second-order valence-electron chi connectivity index (χ2n) is 7.22. The Hall–Kier alpha value is -4.18. The van der Waals surface area contributed by atoms with E-state index in [1.807, 2.05) is 0 Å². The molecule has 11 heteroatoms. The van der Waals surface area contributed by atoms with E-state index in [1.165, 1.54) is 6.07 Å². The van der Waals surface area contributed by atoms with Gasteiger partial charge in [0.25, 0.3) is 5.91 Å². The van der Waals surface area contributed by atoms with Gasteiger partial charge in [-0.25, -0.2) is 9.18 Å². The lowest BCUT2D eigenvalue weighted by Crippen LogP contribution is -2.15. The third-order valence-corrected chi connectivity index (χ3v) is 5.28. The van der Waals surface area contributed by atoms with Crippen LogP contribution in [0, 0.1) is 5.82 Å². The van der Waals surface area contributed by atoms with E-state index in [9.17, 15) is 27.2 Å². The average Bonchev–Trinajstić information content (AvgIpc) is 3.23. The maximum atomic E-state index is 14.1. The Bertz CT molecular complexity index is 1440. The summed E-state index contributed by atoms with van der Waals surface area (Å²) in [5.41, 5.74) is -2.97. The zero-order valence-corrected chi connectivity index (χ0v) is 18.1. The number of carbonyl (C=O) groups excluding carboxylic acids is 1. The Morgan fingerprint density at radius 3 is 2.34 bits per heavy atom. The van der Waals surface area contributed by atoms with Crippen molar-refractivity contribution in [3.05, 3.63) is 94.3 Å². The summed E-state index contributed by atoms with van der Waals surface area (Å²) in [5.74, 6) is -3.74. The highest BCUT2D eigenvalue weighted by Crippen LogP contribution is 2.43. The van der Waals surface area contributed by atoms with Crippen LogP contribution in [0.4, 0.5) is 23.2 Å². The first-order valence-corrected chi connectivity index (χ1v) is 10.2. The molecule has 0 aliphatic rings. The van der Waals surface area contributed by atoms with Crippen LogP contribution in [0.1, 0.15) is 26.3 Å². The number of carboxylic acid groups (broad SMARTS) is 1. The molecule has 0 unspecified atom stereocenters. The zero-order valence-electron chi connectivity index (χ0n) is 17.4. The summed E-state index contributed by atoms with van der Waals surface area (Å²) in [7, 11) is 0. The average molecular weight is 505 g/mol. The fourth-order valence-corrected chi connectivity index (χ4v) is 3.68. The molecule has 0 atom stereocenters. The van der Waals surface area contributed by atoms with Gasteiger partial charge in [-0.15, -0.1) is 0 Å². The van der Waals surface area contributed by atoms with Crippen molar-refractivity contribution in [1.29, 1.82) is 0 Å². The van der Waals surface area contributed by atoms with E-state index in [0.717, 1.165) is 30.3 Å². The minimum absolute atomic E-state index is 0.140. The van der Waals surface area contributed by atoms with Crippen molar-refractivity contribution in [3.8, 4) is 22.6 Å². The third kappa shape index (κ3) is 4.73. The zero-order chi connectivity index (χ0) is 25.3. The summed E-state index contributed by atoms with van der Waals surface area (Å²) >= 11 is 6.11. The Morgan fingerprint density at radius 2 is 1.71 bits per heavy atom. The van der Waals surface area contributed by atoms with Gasteiger partial charge in [0.1, 0.15) is 17.1 Å². The molecule has 6 nitrogen and oxygen atoms in total. The van der Waals surface area contributed by atoms with Crippen LogP contribution in [0.15, 0.2) is 71.3 Å². The van der Waals surface area contributed by atoms with Gasteiger partial charge in [-0.3, -0.25) is 4.79 Å². The van der Waals surface area contributed by atoms with Crippen LogP contribution in [-0.2, 0) is 6.18 Å². The summed E-state index contributed by atoms with van der Waals surface area (Å²) in [5, 5.41) is 14.8. The number of hydrogen-bond donors (Lipinski definition) is 2.